The Morgan fingerprint density at radius 2 is 2.00 bits per heavy atom. The molecule has 0 aliphatic carbocycles. The van der Waals surface area contributed by atoms with Crippen molar-refractivity contribution in [2.24, 2.45) is 0 Å². The van der Waals surface area contributed by atoms with Crippen LogP contribution in [0.15, 0.2) is 24.3 Å². The zero-order chi connectivity index (χ0) is 12.7. The lowest BCUT2D eigenvalue weighted by atomic mass is 10.2. The van der Waals surface area contributed by atoms with Gasteiger partial charge in [0.15, 0.2) is 0 Å². The van der Waals surface area contributed by atoms with Crippen LogP contribution in [0.2, 0.25) is 0 Å². The van der Waals surface area contributed by atoms with Crippen molar-refractivity contribution in [1.29, 1.82) is 0 Å². The van der Waals surface area contributed by atoms with Crippen molar-refractivity contribution in [3.8, 4) is 0 Å². The number of anilines is 1. The van der Waals surface area contributed by atoms with E-state index >= 15 is 0 Å². The summed E-state index contributed by atoms with van der Waals surface area (Å²) in [6.07, 6.45) is 1.03. The zero-order valence-electron chi connectivity index (χ0n) is 11.0. The molecule has 0 spiro atoms. The van der Waals surface area contributed by atoms with Gasteiger partial charge < -0.3 is 10.2 Å². The number of nitrogens with zero attached hydrogens (tertiary/aromatic N) is 1. The molecule has 0 radical (unpaired) electrons. The maximum Gasteiger partial charge on any atom is 0.146 e. The average Bonchev–Trinajstić information content (AvgIpc) is 2.30. The molecule has 17 heavy (non-hydrogen) atoms. The minimum atomic E-state index is -0.133. The van der Waals surface area contributed by atoms with E-state index in [9.17, 15) is 4.39 Å². The molecule has 0 aromatic heterocycles. The smallest absolute Gasteiger partial charge is 0.146 e. The van der Waals surface area contributed by atoms with Crippen LogP contribution in [0.25, 0.3) is 0 Å². The number of hydrogen-bond donors (Lipinski definition) is 1. The van der Waals surface area contributed by atoms with E-state index in [1.165, 1.54) is 6.07 Å². The highest BCUT2D eigenvalue weighted by Gasteiger charge is 2.08. The van der Waals surface area contributed by atoms with Crippen LogP contribution in [0, 0.1) is 5.82 Å². The number of halogens is 1. The van der Waals surface area contributed by atoms with Crippen molar-refractivity contribution in [3.05, 3.63) is 30.1 Å². The van der Waals surface area contributed by atoms with Crippen LogP contribution in [0.1, 0.15) is 27.2 Å². The Bertz CT molecular complexity index is 326. The van der Waals surface area contributed by atoms with Crippen molar-refractivity contribution >= 4 is 5.69 Å². The monoisotopic (exact) mass is 238 g/mol. The van der Waals surface area contributed by atoms with Crippen molar-refractivity contribution in [2.45, 2.75) is 33.2 Å². The molecule has 0 atom stereocenters. The lowest BCUT2D eigenvalue weighted by Gasteiger charge is -2.23. The molecule has 0 saturated heterocycles. The summed E-state index contributed by atoms with van der Waals surface area (Å²) in [4.78, 5) is 2.08. The van der Waals surface area contributed by atoms with Gasteiger partial charge in [0, 0.05) is 19.1 Å². The molecule has 1 aromatic carbocycles. The largest absolute Gasteiger partial charge is 0.369 e. The molecule has 1 aromatic rings. The highest BCUT2D eigenvalue weighted by atomic mass is 19.1. The van der Waals surface area contributed by atoms with Crippen molar-refractivity contribution in [3.63, 3.8) is 0 Å². The second-order valence-corrected chi connectivity index (χ2v) is 4.49. The summed E-state index contributed by atoms with van der Waals surface area (Å²) >= 11 is 0. The van der Waals surface area contributed by atoms with Gasteiger partial charge in [-0.2, -0.15) is 0 Å². The van der Waals surface area contributed by atoms with Gasteiger partial charge in [-0.15, -0.1) is 0 Å². The van der Waals surface area contributed by atoms with E-state index in [1.54, 1.807) is 6.07 Å². The van der Waals surface area contributed by atoms with Gasteiger partial charge in [0.1, 0.15) is 5.82 Å². The van der Waals surface area contributed by atoms with Crippen LogP contribution in [-0.4, -0.2) is 25.7 Å². The summed E-state index contributed by atoms with van der Waals surface area (Å²) in [6.45, 7) is 9.02. The summed E-state index contributed by atoms with van der Waals surface area (Å²) in [5.41, 5.74) is 0.708. The Balaban J connectivity index is 2.46. The molecule has 0 saturated carbocycles. The number of para-hydroxylation sites is 1. The fourth-order valence-corrected chi connectivity index (χ4v) is 1.82. The summed E-state index contributed by atoms with van der Waals surface area (Å²) < 4.78 is 13.6. The Labute approximate surface area is 104 Å². The van der Waals surface area contributed by atoms with E-state index in [1.807, 2.05) is 12.1 Å². The van der Waals surface area contributed by atoms with Crippen LogP contribution in [0.5, 0.6) is 0 Å². The predicted molar refractivity (Wildman–Crippen MR) is 72.0 cm³/mol. The van der Waals surface area contributed by atoms with Crippen molar-refractivity contribution in [1.82, 2.24) is 5.32 Å². The second-order valence-electron chi connectivity index (χ2n) is 4.49. The molecule has 0 bridgehead atoms. The van der Waals surface area contributed by atoms with Crippen molar-refractivity contribution in [2.75, 3.05) is 24.5 Å². The van der Waals surface area contributed by atoms with E-state index in [-0.39, 0.29) is 5.82 Å². The molecular formula is C14H23FN2. The fourth-order valence-electron chi connectivity index (χ4n) is 1.82. The molecule has 0 fully saturated rings. The summed E-state index contributed by atoms with van der Waals surface area (Å²) in [5.74, 6) is -0.133. The van der Waals surface area contributed by atoms with E-state index < -0.39 is 0 Å². The number of nitrogens with one attached hydrogen (secondary N) is 1. The quantitative estimate of drug-likeness (QED) is 0.734. The Hall–Kier alpha value is -1.09. The molecule has 0 aliphatic rings. The first-order valence-electron chi connectivity index (χ1n) is 6.38. The van der Waals surface area contributed by atoms with Crippen LogP contribution in [0.3, 0.4) is 0 Å². The topological polar surface area (TPSA) is 15.3 Å². The molecule has 1 N–H and O–H groups in total. The van der Waals surface area contributed by atoms with Crippen LogP contribution in [-0.2, 0) is 0 Å². The highest BCUT2D eigenvalue weighted by Crippen LogP contribution is 2.18. The van der Waals surface area contributed by atoms with E-state index in [4.69, 9.17) is 0 Å². The molecule has 96 valence electrons. The molecule has 1 rings (SSSR count). The van der Waals surface area contributed by atoms with Gasteiger partial charge in [0.05, 0.1) is 5.69 Å². The third-order valence-electron chi connectivity index (χ3n) is 2.73. The van der Waals surface area contributed by atoms with Crippen molar-refractivity contribution < 1.29 is 4.39 Å². The maximum atomic E-state index is 13.6. The minimum Gasteiger partial charge on any atom is -0.369 e. The van der Waals surface area contributed by atoms with Crippen LogP contribution in [0.4, 0.5) is 10.1 Å². The van der Waals surface area contributed by atoms with E-state index in [2.05, 4.69) is 31.0 Å². The van der Waals surface area contributed by atoms with Gasteiger partial charge in [-0.1, -0.05) is 26.0 Å². The summed E-state index contributed by atoms with van der Waals surface area (Å²) in [5, 5.41) is 3.37. The first kappa shape index (κ1) is 14.0. The molecule has 0 aliphatic heterocycles. The summed E-state index contributed by atoms with van der Waals surface area (Å²) in [7, 11) is 0. The minimum absolute atomic E-state index is 0.133. The standard InChI is InChI=1S/C14H23FN2/c1-4-17(11-7-10-16-12(2)3)14-9-6-5-8-13(14)15/h5-6,8-9,12,16H,4,7,10-11H2,1-3H3. The Morgan fingerprint density at radius 1 is 1.29 bits per heavy atom. The van der Waals surface area contributed by atoms with E-state index in [0.29, 0.717) is 11.7 Å². The average molecular weight is 238 g/mol. The Morgan fingerprint density at radius 3 is 2.59 bits per heavy atom. The predicted octanol–water partition coefficient (Wildman–Crippen LogP) is 3.04. The summed E-state index contributed by atoms with van der Waals surface area (Å²) in [6, 6.07) is 7.48. The Kier molecular flexibility index (Phi) is 5.98. The molecular weight excluding hydrogens is 215 g/mol. The molecule has 0 unspecified atom stereocenters. The van der Waals surface area contributed by atoms with Gasteiger partial charge in [-0.05, 0) is 32.0 Å². The maximum absolute atomic E-state index is 13.6. The number of hydrogen-bond acceptors (Lipinski definition) is 2. The van der Waals surface area contributed by atoms with Gasteiger partial charge in [-0.25, -0.2) is 4.39 Å². The SMILES string of the molecule is CCN(CCCNC(C)C)c1ccccc1F. The molecule has 3 heteroatoms. The second kappa shape index (κ2) is 7.28. The normalized spacial score (nSPS) is 10.9. The van der Waals surface area contributed by atoms with E-state index in [0.717, 1.165) is 26.1 Å². The fraction of sp³-hybridized carbons (Fsp3) is 0.571. The third kappa shape index (κ3) is 4.73. The lowest BCUT2D eigenvalue weighted by molar-refractivity contribution is 0.562. The third-order valence-corrected chi connectivity index (χ3v) is 2.73. The first-order valence-corrected chi connectivity index (χ1v) is 6.38. The first-order chi connectivity index (χ1) is 8.15. The lowest BCUT2D eigenvalue weighted by Crippen LogP contribution is -2.30. The van der Waals surface area contributed by atoms with Gasteiger partial charge in [0.25, 0.3) is 0 Å². The van der Waals surface area contributed by atoms with Crippen LogP contribution >= 0.6 is 0 Å². The van der Waals surface area contributed by atoms with Crippen LogP contribution < -0.4 is 10.2 Å². The molecule has 0 amide bonds. The highest BCUT2D eigenvalue weighted by molar-refractivity contribution is 5.47. The van der Waals surface area contributed by atoms with Gasteiger partial charge >= 0.3 is 0 Å². The molecule has 0 heterocycles. The molecule has 2 nitrogen and oxygen atoms in total. The number of rotatable bonds is 7. The van der Waals surface area contributed by atoms with Gasteiger partial charge in [-0.3, -0.25) is 0 Å². The number of benzene rings is 1. The zero-order valence-corrected chi connectivity index (χ0v) is 11.0. The van der Waals surface area contributed by atoms with Gasteiger partial charge in [0.2, 0.25) is 0 Å².